The van der Waals surface area contributed by atoms with Crippen molar-refractivity contribution < 1.29 is 9.47 Å². The quantitative estimate of drug-likeness (QED) is 0.910. The van der Waals surface area contributed by atoms with Gasteiger partial charge in [0.25, 0.3) is 0 Å². The molecule has 1 fully saturated rings. The first-order valence-electron chi connectivity index (χ1n) is 6.27. The van der Waals surface area contributed by atoms with Gasteiger partial charge in [-0.25, -0.2) is 9.97 Å². The Kier molecular flexibility index (Phi) is 3.67. The van der Waals surface area contributed by atoms with E-state index in [0.29, 0.717) is 5.75 Å². The SMILES string of the molecule is c1cc(Oc2cncnc2)cc([C@H]2CNCCO2)c1. The lowest BCUT2D eigenvalue weighted by Crippen LogP contribution is -2.33. The predicted octanol–water partition coefficient (Wildman–Crippen LogP) is 1.93. The number of aromatic nitrogens is 2. The molecule has 5 nitrogen and oxygen atoms in total. The minimum Gasteiger partial charge on any atom is -0.454 e. The fourth-order valence-corrected chi connectivity index (χ4v) is 2.03. The average Bonchev–Trinajstić information content (AvgIpc) is 2.49. The summed E-state index contributed by atoms with van der Waals surface area (Å²) < 4.78 is 11.4. The van der Waals surface area contributed by atoms with E-state index in [1.165, 1.54) is 6.33 Å². The lowest BCUT2D eigenvalue weighted by Gasteiger charge is -2.24. The van der Waals surface area contributed by atoms with Gasteiger partial charge in [0.1, 0.15) is 12.1 Å². The van der Waals surface area contributed by atoms with Crippen LogP contribution in [0.5, 0.6) is 11.5 Å². The minimum absolute atomic E-state index is 0.0873. The average molecular weight is 257 g/mol. The second-order valence-electron chi connectivity index (χ2n) is 4.31. The Morgan fingerprint density at radius 1 is 1.21 bits per heavy atom. The molecule has 0 saturated carbocycles. The van der Waals surface area contributed by atoms with Crippen LogP contribution in [0.1, 0.15) is 11.7 Å². The number of nitrogens with one attached hydrogen (secondary N) is 1. The highest BCUT2D eigenvalue weighted by Gasteiger charge is 2.15. The van der Waals surface area contributed by atoms with Gasteiger partial charge in [-0.15, -0.1) is 0 Å². The molecule has 0 unspecified atom stereocenters. The van der Waals surface area contributed by atoms with Crippen LogP contribution < -0.4 is 10.1 Å². The highest BCUT2D eigenvalue weighted by atomic mass is 16.5. The molecular weight excluding hydrogens is 242 g/mol. The monoisotopic (exact) mass is 257 g/mol. The molecule has 98 valence electrons. The van der Waals surface area contributed by atoms with Gasteiger partial charge in [0.05, 0.1) is 25.1 Å². The van der Waals surface area contributed by atoms with Crippen molar-refractivity contribution in [2.75, 3.05) is 19.7 Å². The molecule has 3 rings (SSSR count). The van der Waals surface area contributed by atoms with Gasteiger partial charge in [-0.05, 0) is 17.7 Å². The maximum Gasteiger partial charge on any atom is 0.163 e. The first-order chi connectivity index (χ1) is 9.42. The van der Waals surface area contributed by atoms with E-state index in [-0.39, 0.29) is 6.10 Å². The van der Waals surface area contributed by atoms with Gasteiger partial charge >= 0.3 is 0 Å². The van der Waals surface area contributed by atoms with E-state index in [0.717, 1.165) is 31.0 Å². The summed E-state index contributed by atoms with van der Waals surface area (Å²) in [5.74, 6) is 1.39. The first-order valence-corrected chi connectivity index (χ1v) is 6.27. The molecule has 0 spiro atoms. The van der Waals surface area contributed by atoms with Crippen molar-refractivity contribution in [2.45, 2.75) is 6.10 Å². The van der Waals surface area contributed by atoms with Crippen molar-refractivity contribution in [3.8, 4) is 11.5 Å². The Bertz CT molecular complexity index is 527. The van der Waals surface area contributed by atoms with Crippen molar-refractivity contribution in [3.63, 3.8) is 0 Å². The molecule has 1 aliphatic rings. The van der Waals surface area contributed by atoms with E-state index in [4.69, 9.17) is 9.47 Å². The number of hydrogen-bond acceptors (Lipinski definition) is 5. The number of nitrogens with zero attached hydrogens (tertiary/aromatic N) is 2. The summed E-state index contributed by atoms with van der Waals surface area (Å²) in [6.45, 7) is 2.48. The molecular formula is C14H15N3O2. The van der Waals surface area contributed by atoms with Crippen LogP contribution in [0.4, 0.5) is 0 Å². The minimum atomic E-state index is 0.0873. The van der Waals surface area contributed by atoms with Crippen LogP contribution >= 0.6 is 0 Å². The van der Waals surface area contributed by atoms with Gasteiger partial charge in [0.15, 0.2) is 5.75 Å². The Balaban J connectivity index is 1.76. The number of benzene rings is 1. The van der Waals surface area contributed by atoms with Crippen LogP contribution in [-0.4, -0.2) is 29.7 Å². The molecule has 2 aromatic rings. The topological polar surface area (TPSA) is 56.3 Å². The van der Waals surface area contributed by atoms with Crippen molar-refractivity contribution in [3.05, 3.63) is 48.5 Å². The van der Waals surface area contributed by atoms with Crippen molar-refractivity contribution in [2.24, 2.45) is 0 Å². The third kappa shape index (κ3) is 3.07. The standard InChI is InChI=1S/C14H15N3O2/c1-2-11(14-9-15-4-5-18-14)6-12(3-1)19-13-7-16-10-17-8-13/h1-3,6-8,10,14-15H,4-5,9H2/t14-/m1/s1. The Hall–Kier alpha value is -1.98. The maximum absolute atomic E-state index is 5.73. The molecule has 1 aromatic carbocycles. The molecule has 0 radical (unpaired) electrons. The van der Waals surface area contributed by atoms with E-state index in [1.54, 1.807) is 12.4 Å². The van der Waals surface area contributed by atoms with Crippen molar-refractivity contribution in [1.29, 1.82) is 0 Å². The van der Waals surface area contributed by atoms with Gasteiger partial charge in [0.2, 0.25) is 0 Å². The summed E-state index contributed by atoms with van der Waals surface area (Å²) in [6.07, 6.45) is 4.84. The predicted molar refractivity (Wildman–Crippen MR) is 70.1 cm³/mol. The van der Waals surface area contributed by atoms with Crippen LogP contribution in [0.15, 0.2) is 43.0 Å². The summed E-state index contributed by atoms with van der Waals surface area (Å²) in [4.78, 5) is 7.84. The normalized spacial score (nSPS) is 19.1. The summed E-state index contributed by atoms with van der Waals surface area (Å²) >= 11 is 0. The third-order valence-corrected chi connectivity index (χ3v) is 2.93. The number of rotatable bonds is 3. The van der Waals surface area contributed by atoms with E-state index in [9.17, 15) is 0 Å². The summed E-state index contributed by atoms with van der Waals surface area (Å²) in [7, 11) is 0. The van der Waals surface area contributed by atoms with Gasteiger partial charge < -0.3 is 14.8 Å². The summed E-state index contributed by atoms with van der Waals surface area (Å²) in [5.41, 5.74) is 1.11. The second kappa shape index (κ2) is 5.77. The highest BCUT2D eigenvalue weighted by molar-refractivity contribution is 5.33. The first kappa shape index (κ1) is 12.1. The van der Waals surface area contributed by atoms with Crippen LogP contribution in [0, 0.1) is 0 Å². The van der Waals surface area contributed by atoms with Gasteiger partial charge in [-0.1, -0.05) is 12.1 Å². The molecule has 5 heteroatoms. The number of ether oxygens (including phenoxy) is 2. The zero-order valence-corrected chi connectivity index (χ0v) is 10.5. The summed E-state index contributed by atoms with van der Waals surface area (Å²) in [5, 5.41) is 3.32. The van der Waals surface area contributed by atoms with E-state index >= 15 is 0 Å². The lowest BCUT2D eigenvalue weighted by atomic mass is 10.1. The number of hydrogen-bond donors (Lipinski definition) is 1. The fourth-order valence-electron chi connectivity index (χ4n) is 2.03. The van der Waals surface area contributed by atoms with Gasteiger partial charge in [-0.2, -0.15) is 0 Å². The smallest absolute Gasteiger partial charge is 0.163 e. The third-order valence-electron chi connectivity index (χ3n) is 2.93. The Morgan fingerprint density at radius 3 is 2.89 bits per heavy atom. The van der Waals surface area contributed by atoms with Crippen molar-refractivity contribution in [1.82, 2.24) is 15.3 Å². The molecule has 19 heavy (non-hydrogen) atoms. The molecule has 1 aromatic heterocycles. The van der Waals surface area contributed by atoms with Crippen LogP contribution in [0.25, 0.3) is 0 Å². The van der Waals surface area contributed by atoms with Gasteiger partial charge in [0, 0.05) is 13.1 Å². The lowest BCUT2D eigenvalue weighted by molar-refractivity contribution is 0.0276. The summed E-state index contributed by atoms with van der Waals surface area (Å²) in [6, 6.07) is 7.91. The van der Waals surface area contributed by atoms with Crippen LogP contribution in [0.3, 0.4) is 0 Å². The molecule has 1 saturated heterocycles. The Morgan fingerprint density at radius 2 is 2.11 bits per heavy atom. The van der Waals surface area contributed by atoms with Crippen LogP contribution in [-0.2, 0) is 4.74 Å². The maximum atomic E-state index is 5.73. The van der Waals surface area contributed by atoms with Gasteiger partial charge in [-0.3, -0.25) is 0 Å². The van der Waals surface area contributed by atoms with Crippen LogP contribution in [0.2, 0.25) is 0 Å². The van der Waals surface area contributed by atoms with Crippen molar-refractivity contribution >= 4 is 0 Å². The fraction of sp³-hybridized carbons (Fsp3) is 0.286. The molecule has 1 atom stereocenters. The molecule has 0 bridgehead atoms. The van der Waals surface area contributed by atoms with E-state index in [2.05, 4.69) is 15.3 Å². The Labute approximate surface area is 111 Å². The zero-order valence-electron chi connectivity index (χ0n) is 10.5. The molecule has 1 N–H and O–H groups in total. The van der Waals surface area contributed by atoms with E-state index in [1.807, 2.05) is 24.3 Å². The molecule has 0 aliphatic carbocycles. The largest absolute Gasteiger partial charge is 0.454 e. The van der Waals surface area contributed by atoms with E-state index < -0.39 is 0 Å². The number of morpholine rings is 1. The second-order valence-corrected chi connectivity index (χ2v) is 4.31. The molecule has 1 aliphatic heterocycles. The zero-order chi connectivity index (χ0) is 12.9. The molecule has 0 amide bonds. The highest BCUT2D eigenvalue weighted by Crippen LogP contribution is 2.25. The molecule has 2 heterocycles.